The van der Waals surface area contributed by atoms with Crippen LogP contribution in [0.25, 0.3) is 0 Å². The van der Waals surface area contributed by atoms with Gasteiger partial charge in [-0.3, -0.25) is 0 Å². The van der Waals surface area contributed by atoms with Gasteiger partial charge in [0.05, 0.1) is 0 Å². The second-order valence-corrected chi connectivity index (χ2v) is 4.24. The molecule has 0 aliphatic rings. The lowest BCUT2D eigenvalue weighted by atomic mass is 10.3. The predicted molar refractivity (Wildman–Crippen MR) is 47.5 cm³/mol. The molecule has 1 N–H and O–H groups in total. The van der Waals surface area contributed by atoms with Gasteiger partial charge in [0.15, 0.2) is 0 Å². The molecule has 66 valence electrons. The van der Waals surface area contributed by atoms with Gasteiger partial charge in [-0.1, -0.05) is 5.92 Å². The lowest BCUT2D eigenvalue weighted by Crippen LogP contribution is -1.82. The van der Waals surface area contributed by atoms with Crippen molar-refractivity contribution in [3.63, 3.8) is 0 Å². The highest BCUT2D eigenvalue weighted by molar-refractivity contribution is 7.54. The standard InChI is InChI=1S/C7H8ClO3P/c1-2-3-4-5-6-11-12(9,10)7-8/h1H,3-4,7H2,(H,9,10). The second-order valence-electron chi connectivity index (χ2n) is 1.83. The van der Waals surface area contributed by atoms with Gasteiger partial charge in [0.25, 0.3) is 0 Å². The molecule has 0 amide bonds. The molecule has 1 atom stereocenters. The maximum absolute atomic E-state index is 10.7. The third-order valence-corrected chi connectivity index (χ3v) is 2.39. The summed E-state index contributed by atoms with van der Waals surface area (Å²) in [5, 5.41) is 0. The van der Waals surface area contributed by atoms with Gasteiger partial charge in [0.1, 0.15) is 11.7 Å². The monoisotopic (exact) mass is 206 g/mol. The van der Waals surface area contributed by atoms with Gasteiger partial charge in [-0.15, -0.1) is 23.9 Å². The molecular formula is C7H8ClO3P. The van der Waals surface area contributed by atoms with Crippen LogP contribution in [0.5, 0.6) is 0 Å². The van der Waals surface area contributed by atoms with Gasteiger partial charge in [-0.25, -0.2) is 4.57 Å². The van der Waals surface area contributed by atoms with E-state index in [2.05, 4.69) is 22.5 Å². The molecule has 0 aromatic carbocycles. The largest absolute Gasteiger partial charge is 0.399 e. The van der Waals surface area contributed by atoms with Crippen LogP contribution in [-0.2, 0) is 9.09 Å². The Kier molecular flexibility index (Phi) is 5.68. The second kappa shape index (κ2) is 5.98. The third kappa shape index (κ3) is 6.13. The molecule has 3 nitrogen and oxygen atoms in total. The van der Waals surface area contributed by atoms with Crippen molar-refractivity contribution in [3.05, 3.63) is 0 Å². The van der Waals surface area contributed by atoms with Crippen LogP contribution in [-0.4, -0.2) is 10.5 Å². The molecule has 0 aliphatic carbocycles. The average molecular weight is 207 g/mol. The molecule has 0 bridgehead atoms. The summed E-state index contributed by atoms with van der Waals surface area (Å²) in [5.74, 6) is 4.83. The Morgan fingerprint density at radius 1 is 1.58 bits per heavy atom. The van der Waals surface area contributed by atoms with Crippen LogP contribution in [0.15, 0.2) is 0 Å². The predicted octanol–water partition coefficient (Wildman–Crippen LogP) is 1.76. The van der Waals surface area contributed by atoms with E-state index in [9.17, 15) is 4.57 Å². The first-order valence-corrected chi connectivity index (χ1v) is 5.40. The van der Waals surface area contributed by atoms with Crippen LogP contribution in [0.3, 0.4) is 0 Å². The number of rotatable bonds is 3. The molecule has 0 fully saturated rings. The van der Waals surface area contributed by atoms with Gasteiger partial charge < -0.3 is 9.42 Å². The first-order valence-electron chi connectivity index (χ1n) is 3.10. The fraction of sp³-hybridized carbons (Fsp3) is 0.429. The van der Waals surface area contributed by atoms with Crippen molar-refractivity contribution in [1.29, 1.82) is 0 Å². The van der Waals surface area contributed by atoms with Gasteiger partial charge in [-0.05, 0) is 0 Å². The summed E-state index contributed by atoms with van der Waals surface area (Å²) in [4.78, 5) is 8.74. The molecule has 0 saturated heterocycles. The molecule has 0 aromatic rings. The minimum Gasteiger partial charge on any atom is -0.370 e. The number of hydrogen-bond acceptors (Lipinski definition) is 2. The van der Waals surface area contributed by atoms with Crippen LogP contribution in [0.4, 0.5) is 0 Å². The Bertz CT molecular complexity index is 271. The van der Waals surface area contributed by atoms with Crippen LogP contribution in [0.1, 0.15) is 12.8 Å². The maximum Gasteiger partial charge on any atom is 0.399 e. The maximum atomic E-state index is 10.7. The van der Waals surface area contributed by atoms with E-state index < -0.39 is 13.2 Å². The van der Waals surface area contributed by atoms with Gasteiger partial charge in [0.2, 0.25) is 0 Å². The normalized spacial score (nSPS) is 13.4. The van der Waals surface area contributed by atoms with E-state index in [-0.39, 0.29) is 0 Å². The Hall–Kier alpha value is -0.600. The Morgan fingerprint density at radius 2 is 2.25 bits per heavy atom. The van der Waals surface area contributed by atoms with Crippen LogP contribution in [0.2, 0.25) is 0 Å². The van der Waals surface area contributed by atoms with Crippen molar-refractivity contribution in [1.82, 2.24) is 0 Å². The zero-order valence-corrected chi connectivity index (χ0v) is 7.94. The van der Waals surface area contributed by atoms with Crippen molar-refractivity contribution in [2.24, 2.45) is 0 Å². The molecule has 5 heteroatoms. The fourth-order valence-corrected chi connectivity index (χ4v) is 0.716. The summed E-state index contributed by atoms with van der Waals surface area (Å²) < 4.78 is 14.9. The number of alkyl halides is 1. The molecule has 0 radical (unpaired) electrons. The third-order valence-electron chi connectivity index (χ3n) is 0.806. The number of terminal acetylenes is 1. The molecule has 0 heterocycles. The summed E-state index contributed by atoms with van der Waals surface area (Å²) >= 11 is 5.10. The Labute approximate surface area is 76.6 Å². The molecule has 12 heavy (non-hydrogen) atoms. The summed E-state index contributed by atoms with van der Waals surface area (Å²) in [6, 6.07) is 0. The summed E-state index contributed by atoms with van der Waals surface area (Å²) in [6.45, 7) is 0. The van der Waals surface area contributed by atoms with E-state index in [1.165, 1.54) is 0 Å². The van der Waals surface area contributed by atoms with Crippen molar-refractivity contribution in [2.75, 3.05) is 5.62 Å². The van der Waals surface area contributed by atoms with Crippen molar-refractivity contribution >= 4 is 19.2 Å². The molecule has 1 unspecified atom stereocenters. The molecule has 0 aliphatic heterocycles. The first-order chi connectivity index (χ1) is 5.62. The SMILES string of the molecule is C#CCCC#COP(=O)(O)CCl. The van der Waals surface area contributed by atoms with Crippen molar-refractivity contribution < 1.29 is 14.0 Å². The fourth-order valence-electron chi connectivity index (χ4n) is 0.314. The Morgan fingerprint density at radius 3 is 2.75 bits per heavy atom. The number of hydrogen-bond donors (Lipinski definition) is 1. The van der Waals surface area contributed by atoms with Crippen LogP contribution in [0, 0.1) is 24.4 Å². The molecule has 0 saturated carbocycles. The van der Waals surface area contributed by atoms with Gasteiger partial charge in [-0.2, -0.15) is 0 Å². The van der Waals surface area contributed by atoms with Crippen LogP contribution >= 0.6 is 19.2 Å². The van der Waals surface area contributed by atoms with Crippen LogP contribution < -0.4 is 0 Å². The smallest absolute Gasteiger partial charge is 0.370 e. The average Bonchev–Trinajstić information content (AvgIpc) is 2.04. The topological polar surface area (TPSA) is 46.5 Å². The highest BCUT2D eigenvalue weighted by Gasteiger charge is 2.16. The first kappa shape index (κ1) is 11.4. The lowest BCUT2D eigenvalue weighted by Gasteiger charge is -2.01. The Balaban J connectivity index is 3.73. The van der Waals surface area contributed by atoms with E-state index in [0.717, 1.165) is 0 Å². The molecule has 0 aromatic heterocycles. The molecule has 0 rings (SSSR count). The van der Waals surface area contributed by atoms with E-state index in [0.29, 0.717) is 12.8 Å². The minimum absolute atomic E-state index is 0.443. The summed E-state index contributed by atoms with van der Waals surface area (Å²) in [5.41, 5.74) is -0.461. The van der Waals surface area contributed by atoms with E-state index in [1.54, 1.807) is 0 Å². The van der Waals surface area contributed by atoms with Crippen molar-refractivity contribution in [2.45, 2.75) is 12.8 Å². The minimum atomic E-state index is -3.68. The molecule has 0 spiro atoms. The lowest BCUT2D eigenvalue weighted by molar-refractivity contribution is 0.368. The zero-order valence-electron chi connectivity index (χ0n) is 6.29. The summed E-state index contributed by atoms with van der Waals surface area (Å²) in [6.07, 6.45) is 7.94. The zero-order chi connectivity index (χ0) is 9.45. The van der Waals surface area contributed by atoms with E-state index in [4.69, 9.17) is 22.9 Å². The number of halogens is 1. The van der Waals surface area contributed by atoms with Crippen molar-refractivity contribution in [3.8, 4) is 24.4 Å². The highest BCUT2D eigenvalue weighted by Crippen LogP contribution is 2.42. The van der Waals surface area contributed by atoms with Gasteiger partial charge in [0, 0.05) is 12.8 Å². The van der Waals surface area contributed by atoms with E-state index in [1.807, 2.05) is 0 Å². The number of unbranched alkanes of at least 4 members (excludes halogenated alkanes) is 1. The molecular weight excluding hydrogens is 199 g/mol. The highest BCUT2D eigenvalue weighted by atomic mass is 35.5. The van der Waals surface area contributed by atoms with E-state index >= 15 is 0 Å². The quantitative estimate of drug-likeness (QED) is 0.331. The summed E-state index contributed by atoms with van der Waals surface area (Å²) in [7, 11) is -3.68. The van der Waals surface area contributed by atoms with Gasteiger partial charge >= 0.3 is 7.60 Å².